The Morgan fingerprint density at radius 2 is 2.06 bits per heavy atom. The predicted octanol–water partition coefficient (Wildman–Crippen LogP) is 2.52. The molecular formula is C13H13FN2O. The van der Waals surface area contributed by atoms with Gasteiger partial charge >= 0.3 is 0 Å². The summed E-state index contributed by atoms with van der Waals surface area (Å²) in [5.74, 6) is -0.580. The van der Waals surface area contributed by atoms with Gasteiger partial charge in [-0.05, 0) is 31.5 Å². The van der Waals surface area contributed by atoms with Crippen molar-refractivity contribution in [3.05, 3.63) is 53.1 Å². The van der Waals surface area contributed by atoms with E-state index in [1.54, 1.807) is 25.1 Å². The first kappa shape index (κ1) is 11.5. The van der Waals surface area contributed by atoms with Crippen LogP contribution in [-0.2, 0) is 6.42 Å². The van der Waals surface area contributed by atoms with Gasteiger partial charge in [-0.15, -0.1) is 0 Å². The van der Waals surface area contributed by atoms with Gasteiger partial charge in [0.05, 0.1) is 12.1 Å². The fraction of sp³-hybridized carbons (Fsp3) is 0.231. The number of aryl methyl sites for hydroxylation is 2. The molecule has 3 nitrogen and oxygen atoms in total. The summed E-state index contributed by atoms with van der Waals surface area (Å²) < 4.78 is 14.7. The van der Waals surface area contributed by atoms with Crippen LogP contribution in [0.25, 0.3) is 0 Å². The SMILES string of the molecule is Cc1cc(C)n(C(=O)Cc2ccccc2F)n1. The van der Waals surface area contributed by atoms with Gasteiger partial charge in [0.15, 0.2) is 0 Å². The topological polar surface area (TPSA) is 34.9 Å². The summed E-state index contributed by atoms with van der Waals surface area (Å²) in [6.07, 6.45) is 0.0225. The molecule has 0 saturated carbocycles. The highest BCUT2D eigenvalue weighted by atomic mass is 19.1. The molecule has 4 heteroatoms. The molecule has 1 aromatic heterocycles. The van der Waals surface area contributed by atoms with Crippen molar-refractivity contribution in [1.29, 1.82) is 0 Å². The molecule has 17 heavy (non-hydrogen) atoms. The number of carbonyl (C=O) groups excluding carboxylic acids is 1. The molecule has 1 heterocycles. The van der Waals surface area contributed by atoms with E-state index in [2.05, 4.69) is 5.10 Å². The van der Waals surface area contributed by atoms with E-state index in [1.807, 2.05) is 13.0 Å². The van der Waals surface area contributed by atoms with Crippen LogP contribution in [-0.4, -0.2) is 15.7 Å². The molecule has 1 aromatic carbocycles. The summed E-state index contributed by atoms with van der Waals surface area (Å²) in [7, 11) is 0. The third-order valence-electron chi connectivity index (χ3n) is 2.55. The Hall–Kier alpha value is -1.97. The van der Waals surface area contributed by atoms with Crippen molar-refractivity contribution in [3.63, 3.8) is 0 Å². The second-order valence-electron chi connectivity index (χ2n) is 4.00. The Bertz CT molecular complexity index is 560. The van der Waals surface area contributed by atoms with Gasteiger partial charge in [-0.2, -0.15) is 5.10 Å². The fourth-order valence-electron chi connectivity index (χ4n) is 1.76. The Labute approximate surface area is 98.9 Å². The molecule has 0 aliphatic carbocycles. The second kappa shape index (κ2) is 4.49. The summed E-state index contributed by atoms with van der Waals surface area (Å²) in [5, 5.41) is 4.08. The first-order valence-electron chi connectivity index (χ1n) is 5.38. The summed E-state index contributed by atoms with van der Waals surface area (Å²) in [6.45, 7) is 3.62. The van der Waals surface area contributed by atoms with Crippen LogP contribution in [0.15, 0.2) is 30.3 Å². The molecule has 0 amide bonds. The Kier molecular flexibility index (Phi) is 3.04. The van der Waals surface area contributed by atoms with Crippen LogP contribution in [0.2, 0.25) is 0 Å². The molecule has 88 valence electrons. The minimum absolute atomic E-state index is 0.0225. The first-order valence-corrected chi connectivity index (χ1v) is 5.38. The molecule has 2 aromatic rings. The highest BCUT2D eigenvalue weighted by Gasteiger charge is 2.12. The van der Waals surface area contributed by atoms with Gasteiger partial charge in [0.2, 0.25) is 0 Å². The lowest BCUT2D eigenvalue weighted by atomic mass is 10.1. The van der Waals surface area contributed by atoms with Crippen LogP contribution in [0.1, 0.15) is 21.7 Å². The Morgan fingerprint density at radius 3 is 2.65 bits per heavy atom. The molecule has 0 atom stereocenters. The smallest absolute Gasteiger partial charge is 0.251 e. The molecule has 0 fully saturated rings. The van der Waals surface area contributed by atoms with E-state index in [4.69, 9.17) is 0 Å². The minimum Gasteiger partial charge on any atom is -0.272 e. The molecule has 0 aliphatic rings. The van der Waals surface area contributed by atoms with Crippen molar-refractivity contribution >= 4 is 5.91 Å². The van der Waals surface area contributed by atoms with Gasteiger partial charge in [0, 0.05) is 5.69 Å². The molecule has 0 bridgehead atoms. The maximum Gasteiger partial charge on any atom is 0.251 e. The maximum atomic E-state index is 13.4. The molecular weight excluding hydrogens is 219 g/mol. The van der Waals surface area contributed by atoms with Crippen molar-refractivity contribution in [2.75, 3.05) is 0 Å². The number of aromatic nitrogens is 2. The quantitative estimate of drug-likeness (QED) is 0.797. The minimum atomic E-state index is -0.359. The van der Waals surface area contributed by atoms with Crippen molar-refractivity contribution < 1.29 is 9.18 Å². The van der Waals surface area contributed by atoms with Crippen molar-refractivity contribution in [3.8, 4) is 0 Å². The zero-order valence-electron chi connectivity index (χ0n) is 9.77. The summed E-state index contributed by atoms with van der Waals surface area (Å²) in [5.41, 5.74) is 1.94. The van der Waals surface area contributed by atoms with E-state index >= 15 is 0 Å². The number of hydrogen-bond donors (Lipinski definition) is 0. The van der Waals surface area contributed by atoms with Crippen LogP contribution >= 0.6 is 0 Å². The number of benzene rings is 1. The van der Waals surface area contributed by atoms with Crippen LogP contribution < -0.4 is 0 Å². The first-order chi connectivity index (χ1) is 8.08. The maximum absolute atomic E-state index is 13.4. The molecule has 0 saturated heterocycles. The van der Waals surface area contributed by atoms with Gasteiger partial charge in [-0.3, -0.25) is 4.79 Å². The zero-order chi connectivity index (χ0) is 12.4. The molecule has 0 N–H and O–H groups in total. The summed E-state index contributed by atoms with van der Waals surface area (Å²) >= 11 is 0. The molecule has 0 radical (unpaired) electrons. The van der Waals surface area contributed by atoms with E-state index in [-0.39, 0.29) is 18.1 Å². The lowest BCUT2D eigenvalue weighted by Crippen LogP contribution is -2.17. The third-order valence-corrected chi connectivity index (χ3v) is 2.55. The number of rotatable bonds is 2. The highest BCUT2D eigenvalue weighted by molar-refractivity contribution is 5.81. The van der Waals surface area contributed by atoms with Crippen molar-refractivity contribution in [1.82, 2.24) is 9.78 Å². The monoisotopic (exact) mass is 232 g/mol. The summed E-state index contributed by atoms with van der Waals surface area (Å²) in [6, 6.07) is 8.10. The van der Waals surface area contributed by atoms with E-state index in [1.165, 1.54) is 10.7 Å². The Morgan fingerprint density at radius 1 is 1.35 bits per heavy atom. The second-order valence-corrected chi connectivity index (χ2v) is 4.00. The number of hydrogen-bond acceptors (Lipinski definition) is 2. The number of carbonyl (C=O) groups is 1. The van der Waals surface area contributed by atoms with Crippen LogP contribution in [0.4, 0.5) is 4.39 Å². The number of nitrogens with zero attached hydrogens (tertiary/aromatic N) is 2. The van der Waals surface area contributed by atoms with Gasteiger partial charge in [-0.25, -0.2) is 9.07 Å². The van der Waals surface area contributed by atoms with Crippen molar-refractivity contribution in [2.45, 2.75) is 20.3 Å². The van der Waals surface area contributed by atoms with Crippen LogP contribution in [0.5, 0.6) is 0 Å². The summed E-state index contributed by atoms with van der Waals surface area (Å²) in [4.78, 5) is 11.9. The third kappa shape index (κ3) is 2.41. The van der Waals surface area contributed by atoms with Gasteiger partial charge < -0.3 is 0 Å². The van der Waals surface area contributed by atoms with Crippen LogP contribution in [0.3, 0.4) is 0 Å². The van der Waals surface area contributed by atoms with E-state index < -0.39 is 0 Å². The lowest BCUT2D eigenvalue weighted by Gasteiger charge is -2.04. The zero-order valence-corrected chi connectivity index (χ0v) is 9.77. The average molecular weight is 232 g/mol. The fourth-order valence-corrected chi connectivity index (χ4v) is 1.76. The highest BCUT2D eigenvalue weighted by Crippen LogP contribution is 2.09. The van der Waals surface area contributed by atoms with E-state index in [0.717, 1.165) is 11.4 Å². The normalized spacial score (nSPS) is 10.5. The standard InChI is InChI=1S/C13H13FN2O/c1-9-7-10(2)16(15-9)13(17)8-11-5-3-4-6-12(11)14/h3-7H,8H2,1-2H3. The molecule has 0 aliphatic heterocycles. The predicted molar refractivity (Wildman–Crippen MR) is 62.4 cm³/mol. The van der Waals surface area contributed by atoms with E-state index in [9.17, 15) is 9.18 Å². The lowest BCUT2D eigenvalue weighted by molar-refractivity contribution is 0.0894. The van der Waals surface area contributed by atoms with E-state index in [0.29, 0.717) is 5.56 Å². The Balaban J connectivity index is 2.23. The number of halogens is 1. The average Bonchev–Trinajstić information content (AvgIpc) is 2.61. The molecule has 0 unspecified atom stereocenters. The van der Waals surface area contributed by atoms with Gasteiger partial charge in [0.1, 0.15) is 5.82 Å². The van der Waals surface area contributed by atoms with Crippen LogP contribution in [0, 0.1) is 19.7 Å². The van der Waals surface area contributed by atoms with Gasteiger partial charge in [0.25, 0.3) is 5.91 Å². The molecule has 2 rings (SSSR count). The molecule has 0 spiro atoms. The van der Waals surface area contributed by atoms with Gasteiger partial charge in [-0.1, -0.05) is 18.2 Å². The largest absolute Gasteiger partial charge is 0.272 e. The van der Waals surface area contributed by atoms with Crippen molar-refractivity contribution in [2.24, 2.45) is 0 Å².